The largest absolute Gasteiger partial charge is 0.507 e. The van der Waals surface area contributed by atoms with Crippen LogP contribution in [0.4, 0.5) is 14.5 Å². The van der Waals surface area contributed by atoms with Crippen LogP contribution in [0.2, 0.25) is 0 Å². The van der Waals surface area contributed by atoms with E-state index in [-0.39, 0.29) is 64.5 Å². The number of hydrogen-bond donors (Lipinski definition) is 1. The number of benzene rings is 1. The number of alkyl halides is 1. The highest BCUT2D eigenvalue weighted by atomic mass is 35.5. The molecule has 43 heavy (non-hydrogen) atoms. The van der Waals surface area contributed by atoms with Gasteiger partial charge in [-0.2, -0.15) is 0 Å². The SMILES string of the molecule is C=CC(=O)N1C[C@@H]2COC3=C(/C(=C/C(Cl)=C(\C)c4c(O)cccc4F)CN(c4c(C)ccnc4C(C)F)C3=O)N2C[C@H]1C. The molecule has 1 aromatic carbocycles. The first kappa shape index (κ1) is 30.3. The van der Waals surface area contributed by atoms with Crippen molar-refractivity contribution >= 4 is 34.7 Å². The van der Waals surface area contributed by atoms with Gasteiger partial charge >= 0.3 is 0 Å². The van der Waals surface area contributed by atoms with Gasteiger partial charge in [-0.15, -0.1) is 0 Å². The van der Waals surface area contributed by atoms with Crippen molar-refractivity contribution < 1.29 is 28.2 Å². The molecule has 3 aliphatic rings. The van der Waals surface area contributed by atoms with Crippen LogP contribution in [-0.4, -0.2) is 70.0 Å². The topological polar surface area (TPSA) is 86.2 Å². The molecule has 0 spiro atoms. The Morgan fingerprint density at radius 2 is 2.05 bits per heavy atom. The first-order valence-electron chi connectivity index (χ1n) is 14.0. The molecule has 3 atom stereocenters. The number of phenolic OH excluding ortho intramolecular Hbond substituents is 1. The van der Waals surface area contributed by atoms with Crippen LogP contribution in [0.1, 0.15) is 43.8 Å². The summed E-state index contributed by atoms with van der Waals surface area (Å²) in [5.74, 6) is -1.48. The summed E-state index contributed by atoms with van der Waals surface area (Å²) in [7, 11) is 0. The minimum absolute atomic E-state index is 0.00701. The van der Waals surface area contributed by atoms with Crippen LogP contribution >= 0.6 is 11.6 Å². The molecule has 0 radical (unpaired) electrons. The number of aryl methyl sites for hydroxylation is 1. The van der Waals surface area contributed by atoms with Gasteiger partial charge in [0.2, 0.25) is 11.7 Å². The van der Waals surface area contributed by atoms with E-state index >= 15 is 0 Å². The highest BCUT2D eigenvalue weighted by Crippen LogP contribution is 2.41. The number of nitrogens with zero attached hydrogens (tertiary/aromatic N) is 4. The summed E-state index contributed by atoms with van der Waals surface area (Å²) in [5.41, 5.74) is 2.43. The van der Waals surface area contributed by atoms with E-state index in [4.69, 9.17) is 16.3 Å². The molecule has 8 nitrogen and oxygen atoms in total. The normalized spacial score (nSPS) is 22.5. The van der Waals surface area contributed by atoms with Crippen LogP contribution in [0.15, 0.2) is 71.3 Å². The van der Waals surface area contributed by atoms with Gasteiger partial charge in [-0.3, -0.25) is 19.5 Å². The zero-order chi connectivity index (χ0) is 31.2. The van der Waals surface area contributed by atoms with Gasteiger partial charge < -0.3 is 19.6 Å². The highest BCUT2D eigenvalue weighted by molar-refractivity contribution is 6.34. The molecular weight excluding hydrogens is 578 g/mol. The number of rotatable bonds is 5. The number of pyridine rings is 1. The van der Waals surface area contributed by atoms with Gasteiger partial charge in [0, 0.05) is 35.9 Å². The van der Waals surface area contributed by atoms with E-state index in [0.29, 0.717) is 35.6 Å². The van der Waals surface area contributed by atoms with Crippen LogP contribution in [0.5, 0.6) is 5.75 Å². The van der Waals surface area contributed by atoms with Crippen molar-refractivity contribution in [2.75, 3.05) is 31.1 Å². The Labute approximate surface area is 254 Å². The molecule has 11 heteroatoms. The Bertz CT molecular complexity index is 1580. The molecule has 0 saturated carbocycles. The molecule has 5 rings (SSSR count). The molecule has 0 bridgehead atoms. The van der Waals surface area contributed by atoms with E-state index in [1.165, 1.54) is 42.3 Å². The summed E-state index contributed by atoms with van der Waals surface area (Å²) in [6.07, 6.45) is 2.95. The molecule has 2 aromatic rings. The van der Waals surface area contributed by atoms with Crippen molar-refractivity contribution in [2.24, 2.45) is 0 Å². The van der Waals surface area contributed by atoms with Gasteiger partial charge in [0.1, 0.15) is 24.3 Å². The fraction of sp³-hybridized carbons (Fsp3) is 0.344. The molecule has 1 saturated heterocycles. The molecular formula is C32H33ClF2N4O4. The monoisotopic (exact) mass is 610 g/mol. The van der Waals surface area contributed by atoms with Crippen molar-refractivity contribution in [1.82, 2.24) is 14.8 Å². The number of piperazine rings is 1. The molecule has 0 aliphatic carbocycles. The Balaban J connectivity index is 1.68. The van der Waals surface area contributed by atoms with Crippen molar-refractivity contribution in [1.29, 1.82) is 0 Å². The van der Waals surface area contributed by atoms with E-state index in [0.717, 1.165) is 0 Å². The lowest BCUT2D eigenvalue weighted by molar-refractivity contribution is -0.134. The molecule has 1 N–H and O–H groups in total. The third-order valence-corrected chi connectivity index (χ3v) is 8.51. The first-order chi connectivity index (χ1) is 20.4. The standard InChI is InChI=1S/C32H33ClF2N4O4/c1-6-26(41)37-15-22-16-43-31-30(38(22)13-18(37)3)21(12-23(33)19(4)27-24(35)8-7-9-25(27)40)14-39(32(31)42)29-17(2)10-11-36-28(29)20(5)34/h6-12,18,20,22,40H,1,13-16H2,2-5H3/b21-12+,23-19-/t18-,20?,22-/m1/s1. The average Bonchev–Trinajstić information content (AvgIpc) is 2.97. The van der Waals surface area contributed by atoms with Crippen LogP contribution in [0.3, 0.4) is 0 Å². The Hall–Kier alpha value is -4.18. The highest BCUT2D eigenvalue weighted by Gasteiger charge is 2.45. The zero-order valence-corrected chi connectivity index (χ0v) is 25.2. The molecule has 1 fully saturated rings. The van der Waals surface area contributed by atoms with Gasteiger partial charge in [-0.05, 0) is 69.2 Å². The van der Waals surface area contributed by atoms with E-state index in [1.807, 2.05) is 11.8 Å². The van der Waals surface area contributed by atoms with Gasteiger partial charge in [-0.25, -0.2) is 8.78 Å². The number of fused-ring (bicyclic) bond motifs is 2. The van der Waals surface area contributed by atoms with Crippen LogP contribution < -0.4 is 4.90 Å². The number of halogens is 3. The maximum Gasteiger partial charge on any atom is 0.295 e. The lowest BCUT2D eigenvalue weighted by Crippen LogP contribution is -2.62. The summed E-state index contributed by atoms with van der Waals surface area (Å²) in [4.78, 5) is 36.0. The predicted octanol–water partition coefficient (Wildman–Crippen LogP) is 5.54. The smallest absolute Gasteiger partial charge is 0.295 e. The lowest BCUT2D eigenvalue weighted by atomic mass is 9.95. The zero-order valence-electron chi connectivity index (χ0n) is 24.4. The second-order valence-electron chi connectivity index (χ2n) is 11.0. The van der Waals surface area contributed by atoms with Gasteiger partial charge in [0.25, 0.3) is 5.91 Å². The van der Waals surface area contributed by atoms with E-state index in [2.05, 4.69) is 11.6 Å². The minimum Gasteiger partial charge on any atom is -0.507 e. The summed E-state index contributed by atoms with van der Waals surface area (Å²) in [5, 5.41) is 10.5. The number of hydrogen-bond acceptors (Lipinski definition) is 6. The molecule has 4 heterocycles. The van der Waals surface area contributed by atoms with Crippen molar-refractivity contribution in [3.05, 3.63) is 93.9 Å². The predicted molar refractivity (Wildman–Crippen MR) is 160 cm³/mol. The van der Waals surface area contributed by atoms with E-state index in [1.54, 1.807) is 30.9 Å². The Morgan fingerprint density at radius 3 is 2.72 bits per heavy atom. The van der Waals surface area contributed by atoms with Crippen LogP contribution in [0.25, 0.3) is 5.57 Å². The molecule has 226 valence electrons. The van der Waals surface area contributed by atoms with Crippen LogP contribution in [0, 0.1) is 12.7 Å². The number of anilines is 1. The first-order valence-corrected chi connectivity index (χ1v) is 14.4. The second kappa shape index (κ2) is 11.8. The molecule has 2 amide bonds. The third-order valence-electron chi connectivity index (χ3n) is 8.12. The van der Waals surface area contributed by atoms with Gasteiger partial charge in [0.05, 0.1) is 35.2 Å². The second-order valence-corrected chi connectivity index (χ2v) is 11.4. The summed E-state index contributed by atoms with van der Waals surface area (Å²) < 4.78 is 35.6. The Morgan fingerprint density at radius 1 is 1.30 bits per heavy atom. The van der Waals surface area contributed by atoms with Gasteiger partial charge in [-0.1, -0.05) is 24.2 Å². The van der Waals surface area contributed by atoms with Crippen molar-refractivity contribution in [2.45, 2.75) is 46.0 Å². The number of amides is 2. The number of aromatic hydroxyl groups is 1. The number of aromatic nitrogens is 1. The summed E-state index contributed by atoms with van der Waals surface area (Å²) in [6, 6.07) is 5.24. The molecule has 1 unspecified atom stereocenters. The fourth-order valence-corrected chi connectivity index (χ4v) is 6.19. The summed E-state index contributed by atoms with van der Waals surface area (Å²) >= 11 is 6.81. The minimum atomic E-state index is -1.45. The summed E-state index contributed by atoms with van der Waals surface area (Å²) in [6.45, 7) is 11.1. The maximum absolute atomic E-state index is 14.8. The van der Waals surface area contributed by atoms with Crippen molar-refractivity contribution in [3.63, 3.8) is 0 Å². The molecule has 3 aliphatic heterocycles. The third kappa shape index (κ3) is 5.40. The average molecular weight is 611 g/mol. The molecule has 1 aromatic heterocycles. The van der Waals surface area contributed by atoms with Crippen LogP contribution in [-0.2, 0) is 14.3 Å². The number of carbonyl (C=O) groups is 2. The van der Waals surface area contributed by atoms with E-state index in [9.17, 15) is 23.5 Å². The quantitative estimate of drug-likeness (QED) is 0.448. The maximum atomic E-state index is 14.8. The lowest BCUT2D eigenvalue weighted by Gasteiger charge is -2.51. The number of allylic oxidation sites excluding steroid dienone is 3. The van der Waals surface area contributed by atoms with Crippen molar-refractivity contribution in [3.8, 4) is 5.75 Å². The Kier molecular flexibility index (Phi) is 8.34. The van der Waals surface area contributed by atoms with Gasteiger partial charge in [0.15, 0.2) is 0 Å². The number of phenols is 1. The fourth-order valence-electron chi connectivity index (χ4n) is 5.96. The van der Waals surface area contributed by atoms with E-state index < -0.39 is 17.9 Å². The number of ether oxygens (including phenoxy) is 1. The number of carbonyl (C=O) groups excluding carboxylic acids is 2.